The minimum absolute atomic E-state index is 0.200. The molecule has 2 aromatic heterocycles. The molecule has 0 fully saturated rings. The van der Waals surface area contributed by atoms with E-state index in [9.17, 15) is 19.2 Å². The molecule has 0 spiro atoms. The van der Waals surface area contributed by atoms with E-state index in [4.69, 9.17) is 112 Å². The lowest BCUT2D eigenvalue weighted by Crippen LogP contribution is -2.58. The monoisotopic (exact) mass is 886 g/mol. The fourth-order valence-corrected chi connectivity index (χ4v) is 11.7. The van der Waals surface area contributed by atoms with Gasteiger partial charge in [-0.1, -0.05) is 117 Å². The lowest BCUT2D eigenvalue weighted by molar-refractivity contribution is -0.241. The van der Waals surface area contributed by atoms with Gasteiger partial charge in [0.15, 0.2) is 0 Å². The van der Waals surface area contributed by atoms with E-state index in [1.54, 1.807) is 48.5 Å². The lowest BCUT2D eigenvalue weighted by Gasteiger charge is -2.38. The van der Waals surface area contributed by atoms with Crippen molar-refractivity contribution in [2.75, 3.05) is 28.4 Å². The SMILES string of the molecule is COC1(OC)[C@@]2(Cl)C(Cl)=C(Cl)[C@]1(Cl)n1c(=O)n(-c3ccc(Cc4ccc(-n5c(=O)n6n(c5=O)[C@@]5(Cl)C(Cl)=C(Cl)[C@]6(Cl)C5(OC)OC)cc4)cc3)c(=O)n12. The first-order valence-corrected chi connectivity index (χ1v) is 18.2. The van der Waals surface area contributed by atoms with Crippen LogP contribution in [0.3, 0.4) is 0 Å². The van der Waals surface area contributed by atoms with Crippen molar-refractivity contribution in [2.24, 2.45) is 0 Å². The zero-order chi connectivity index (χ0) is 38.6. The van der Waals surface area contributed by atoms with Crippen molar-refractivity contribution in [3.05, 3.63) is 122 Å². The molecular formula is C31H22Cl8N6O8. The van der Waals surface area contributed by atoms with Crippen molar-refractivity contribution < 1.29 is 18.9 Å². The minimum Gasteiger partial charge on any atom is -0.347 e. The van der Waals surface area contributed by atoms with Crippen LogP contribution in [0.1, 0.15) is 11.1 Å². The molecule has 2 aliphatic heterocycles. The summed E-state index contributed by atoms with van der Waals surface area (Å²) in [6, 6.07) is 13.1. The number of benzene rings is 2. The van der Waals surface area contributed by atoms with Gasteiger partial charge in [0.2, 0.25) is 20.0 Å². The fraction of sp³-hybridized carbons (Fsp3) is 0.355. The summed E-state index contributed by atoms with van der Waals surface area (Å²) in [6.45, 7) is 0. The molecule has 4 aromatic rings. The first-order chi connectivity index (χ1) is 24.9. The molecule has 4 atom stereocenters. The van der Waals surface area contributed by atoms with Crippen LogP contribution in [0.25, 0.3) is 11.4 Å². The molecule has 0 saturated carbocycles. The minimum atomic E-state index is -2.10. The van der Waals surface area contributed by atoms with Crippen LogP contribution in [0.5, 0.6) is 0 Å². The number of ether oxygens (including phenoxy) is 4. The summed E-state index contributed by atoms with van der Waals surface area (Å²) in [7, 11) is 4.94. The van der Waals surface area contributed by atoms with E-state index in [2.05, 4.69) is 0 Å². The van der Waals surface area contributed by atoms with E-state index in [1.807, 2.05) is 0 Å². The summed E-state index contributed by atoms with van der Waals surface area (Å²) in [5.41, 5.74) is -1.52. The zero-order valence-corrected chi connectivity index (χ0v) is 33.3. The van der Waals surface area contributed by atoms with Gasteiger partial charge in [-0.25, -0.2) is 28.3 Å². The Labute approximate surface area is 337 Å². The summed E-state index contributed by atoms with van der Waals surface area (Å²) in [5.74, 6) is -4.07. The first-order valence-electron chi connectivity index (χ1n) is 15.2. The second kappa shape index (κ2) is 11.6. The maximum atomic E-state index is 13.8. The highest BCUT2D eigenvalue weighted by Crippen LogP contribution is 2.70. The van der Waals surface area contributed by atoms with E-state index in [0.29, 0.717) is 6.42 Å². The van der Waals surface area contributed by atoms with Crippen molar-refractivity contribution >= 4 is 92.8 Å². The van der Waals surface area contributed by atoms with Gasteiger partial charge in [-0.3, -0.25) is 0 Å². The average Bonchev–Trinajstić information content (AvgIpc) is 3.78. The molecular weight excluding hydrogens is 868 g/mol. The number of halogens is 8. The normalized spacial score (nSPS) is 28.8. The van der Waals surface area contributed by atoms with Crippen LogP contribution in [-0.4, -0.2) is 67.9 Å². The molecule has 280 valence electrons. The Morgan fingerprint density at radius 1 is 0.453 bits per heavy atom. The molecule has 2 aromatic carbocycles. The third-order valence-electron chi connectivity index (χ3n) is 10.3. The smallest absolute Gasteiger partial charge is 0.347 e. The van der Waals surface area contributed by atoms with Gasteiger partial charge in [-0.05, 0) is 41.8 Å². The van der Waals surface area contributed by atoms with E-state index < -0.39 is 54.3 Å². The van der Waals surface area contributed by atoms with Gasteiger partial charge in [0, 0.05) is 28.4 Å². The standard InChI is InChI=1S/C31H22Cl8N6O8/c1-50-30(51-2)26(36)18(32)19(33)27(30,37)43-23(47)40(22(46)42(26)43)16-9-5-14(6-10-16)13-15-7-11-17(12-8-15)41-24(48)44-28(38)20(34)21(35)29(39,45(44)25(41)49)31(28,52-3)53-4/h5-12H,13H2,1-4H3/t26-,27+,28-,29+. The quantitative estimate of drug-likeness (QED) is 0.187. The Morgan fingerprint density at radius 3 is 0.887 bits per heavy atom. The third kappa shape index (κ3) is 3.72. The predicted octanol–water partition coefficient (Wildman–Crippen LogP) is 4.48. The second-order valence-corrected chi connectivity index (χ2v) is 16.1. The number of nitrogens with zero attached hydrogens (tertiary/aromatic N) is 6. The Kier molecular flexibility index (Phi) is 8.17. The van der Waals surface area contributed by atoms with Crippen molar-refractivity contribution in [1.29, 1.82) is 0 Å². The van der Waals surface area contributed by atoms with Crippen LogP contribution in [-0.2, 0) is 45.4 Å². The fourth-order valence-electron chi connectivity index (χ4n) is 7.94. The number of alkyl halides is 4. The highest BCUT2D eigenvalue weighted by atomic mass is 35.5. The van der Waals surface area contributed by atoms with Crippen molar-refractivity contribution in [3.8, 4) is 11.4 Å². The molecule has 2 aliphatic carbocycles. The molecule has 0 radical (unpaired) electrons. The number of rotatable bonds is 8. The topological polar surface area (TPSA) is 135 Å². The number of methoxy groups -OCH3 is 4. The van der Waals surface area contributed by atoms with Crippen LogP contribution in [0.15, 0.2) is 87.8 Å². The van der Waals surface area contributed by atoms with Gasteiger partial charge in [0.25, 0.3) is 11.6 Å². The summed E-state index contributed by atoms with van der Waals surface area (Å²) >= 11 is 53.7. The largest absolute Gasteiger partial charge is 0.354 e. The molecule has 22 heteroatoms. The van der Waals surface area contributed by atoms with Gasteiger partial charge >= 0.3 is 22.8 Å². The molecule has 53 heavy (non-hydrogen) atoms. The van der Waals surface area contributed by atoms with E-state index >= 15 is 0 Å². The predicted molar refractivity (Wildman–Crippen MR) is 198 cm³/mol. The number of aromatic nitrogens is 6. The molecule has 4 heterocycles. The lowest BCUT2D eigenvalue weighted by atomic mass is 10.0. The highest BCUT2D eigenvalue weighted by molar-refractivity contribution is 6.51. The van der Waals surface area contributed by atoms with E-state index in [1.165, 1.54) is 28.4 Å². The highest BCUT2D eigenvalue weighted by Gasteiger charge is 2.84. The molecule has 14 nitrogen and oxygen atoms in total. The van der Waals surface area contributed by atoms with Crippen LogP contribution in [0.4, 0.5) is 0 Å². The van der Waals surface area contributed by atoms with Crippen molar-refractivity contribution in [1.82, 2.24) is 27.9 Å². The number of fused-ring (bicyclic) bond motifs is 10. The number of hydrogen-bond donors (Lipinski definition) is 0. The van der Waals surface area contributed by atoms with Crippen LogP contribution in [0.2, 0.25) is 0 Å². The van der Waals surface area contributed by atoms with Gasteiger partial charge < -0.3 is 18.9 Å². The van der Waals surface area contributed by atoms with Gasteiger partial charge in [0.1, 0.15) is 0 Å². The van der Waals surface area contributed by atoms with E-state index in [0.717, 1.165) is 39.0 Å². The average molecular weight is 890 g/mol. The summed E-state index contributed by atoms with van der Waals surface area (Å²) in [4.78, 5) is 46.8. The molecule has 8 rings (SSSR count). The molecule has 0 N–H and O–H groups in total. The van der Waals surface area contributed by atoms with Crippen LogP contribution in [0, 0.1) is 0 Å². The molecule has 4 bridgehead atoms. The van der Waals surface area contributed by atoms with Gasteiger partial charge in [-0.2, -0.15) is 18.7 Å². The zero-order valence-electron chi connectivity index (χ0n) is 27.3. The van der Waals surface area contributed by atoms with Gasteiger partial charge in [0.05, 0.1) is 31.5 Å². The Bertz CT molecular complexity index is 2300. The van der Waals surface area contributed by atoms with Crippen molar-refractivity contribution in [3.63, 3.8) is 0 Å². The summed E-state index contributed by atoms with van der Waals surface area (Å²) in [5, 5.41) is -0.946. The summed E-state index contributed by atoms with van der Waals surface area (Å²) in [6.07, 6.45) is 0.380. The maximum Gasteiger partial charge on any atom is 0.354 e. The molecule has 0 unspecified atom stereocenters. The van der Waals surface area contributed by atoms with Crippen LogP contribution < -0.4 is 22.8 Å². The Balaban J connectivity index is 1.10. The summed E-state index contributed by atoms with van der Waals surface area (Å²) < 4.78 is 27.5. The van der Waals surface area contributed by atoms with Crippen molar-refractivity contribution in [2.45, 2.75) is 38.0 Å². The molecule has 0 amide bonds. The number of hydrogen-bond acceptors (Lipinski definition) is 8. The second-order valence-electron chi connectivity index (χ2n) is 12.4. The Morgan fingerprint density at radius 2 is 0.679 bits per heavy atom. The maximum absolute atomic E-state index is 13.8. The third-order valence-corrected chi connectivity index (χ3v) is 15.1. The Hall–Kier alpha value is -2.44. The molecule has 0 saturated heterocycles. The van der Waals surface area contributed by atoms with Gasteiger partial charge in [-0.15, -0.1) is 0 Å². The van der Waals surface area contributed by atoms with E-state index in [-0.39, 0.29) is 31.5 Å². The van der Waals surface area contributed by atoms with Crippen LogP contribution >= 0.6 is 92.8 Å². The first kappa shape index (κ1) is 37.5. The molecule has 4 aliphatic rings.